The van der Waals surface area contributed by atoms with Gasteiger partial charge >= 0.3 is 0 Å². The van der Waals surface area contributed by atoms with E-state index < -0.39 is 0 Å². The van der Waals surface area contributed by atoms with Gasteiger partial charge in [0.15, 0.2) is 0 Å². The molecule has 3 rings (SSSR count). The molecular weight excluding hydrogens is 312 g/mol. The molecule has 4 nitrogen and oxygen atoms in total. The van der Waals surface area contributed by atoms with Gasteiger partial charge in [-0.3, -0.25) is 9.59 Å². The van der Waals surface area contributed by atoms with Crippen molar-refractivity contribution in [2.24, 2.45) is 5.92 Å². The second-order valence-corrected chi connectivity index (χ2v) is 6.59. The summed E-state index contributed by atoms with van der Waals surface area (Å²) in [7, 11) is 0. The summed E-state index contributed by atoms with van der Waals surface area (Å²) in [4.78, 5) is 28.5. The van der Waals surface area contributed by atoms with E-state index in [0.717, 1.165) is 12.8 Å². The molecule has 0 N–H and O–H groups in total. The number of halogens is 1. The predicted molar refractivity (Wildman–Crippen MR) is 90.4 cm³/mol. The molecule has 0 bridgehead atoms. The van der Waals surface area contributed by atoms with Gasteiger partial charge < -0.3 is 9.80 Å². The normalized spacial score (nSPS) is 20.8. The smallest absolute Gasteiger partial charge is 0.254 e. The Morgan fingerprint density at radius 1 is 1.13 bits per heavy atom. The van der Waals surface area contributed by atoms with Crippen LogP contribution in [0.3, 0.4) is 0 Å². The number of hydrogen-bond donors (Lipinski definition) is 0. The number of allylic oxidation sites excluding steroid dienone is 2. The fourth-order valence-electron chi connectivity index (χ4n) is 3.18. The van der Waals surface area contributed by atoms with Gasteiger partial charge in [-0.15, -0.1) is 0 Å². The average Bonchev–Trinajstić information content (AvgIpc) is 3.07. The van der Waals surface area contributed by atoms with Crippen molar-refractivity contribution in [3.8, 4) is 0 Å². The van der Waals surface area contributed by atoms with Crippen molar-refractivity contribution >= 4 is 23.4 Å². The first-order chi connectivity index (χ1) is 11.1. The van der Waals surface area contributed by atoms with Crippen molar-refractivity contribution in [3.05, 3.63) is 47.0 Å². The first kappa shape index (κ1) is 16.1. The molecule has 1 fully saturated rings. The first-order valence-corrected chi connectivity index (χ1v) is 8.50. The molecule has 23 heavy (non-hydrogen) atoms. The summed E-state index contributed by atoms with van der Waals surface area (Å²) in [6.45, 7) is 2.39. The van der Waals surface area contributed by atoms with E-state index in [9.17, 15) is 9.59 Å². The van der Waals surface area contributed by atoms with Gasteiger partial charge in [0.25, 0.3) is 5.91 Å². The molecule has 0 spiro atoms. The van der Waals surface area contributed by atoms with Crippen LogP contribution >= 0.6 is 11.6 Å². The number of carbonyl (C=O) groups is 2. The molecule has 2 amide bonds. The number of hydrogen-bond acceptors (Lipinski definition) is 2. The molecule has 1 aromatic carbocycles. The monoisotopic (exact) mass is 332 g/mol. The van der Waals surface area contributed by atoms with Gasteiger partial charge in [-0.25, -0.2) is 0 Å². The maximum Gasteiger partial charge on any atom is 0.254 e. The van der Waals surface area contributed by atoms with Crippen LogP contribution in [0.1, 0.15) is 29.6 Å². The van der Waals surface area contributed by atoms with Gasteiger partial charge in [-0.05, 0) is 37.0 Å². The molecule has 1 aromatic rings. The lowest BCUT2D eigenvalue weighted by Gasteiger charge is -2.35. The quantitative estimate of drug-likeness (QED) is 0.798. The number of piperazine rings is 1. The molecule has 0 aromatic heterocycles. The minimum Gasteiger partial charge on any atom is -0.339 e. The van der Waals surface area contributed by atoms with Gasteiger partial charge in [0, 0.05) is 43.2 Å². The molecule has 1 aliphatic heterocycles. The zero-order valence-corrected chi connectivity index (χ0v) is 13.8. The highest BCUT2D eigenvalue weighted by Crippen LogP contribution is 2.22. The van der Waals surface area contributed by atoms with Crippen LogP contribution in [0.4, 0.5) is 0 Å². The van der Waals surface area contributed by atoms with Crippen LogP contribution < -0.4 is 0 Å². The Morgan fingerprint density at radius 2 is 1.87 bits per heavy atom. The lowest BCUT2D eigenvalue weighted by molar-refractivity contribution is -0.133. The van der Waals surface area contributed by atoms with E-state index in [2.05, 4.69) is 12.2 Å². The van der Waals surface area contributed by atoms with Crippen LogP contribution in [0.5, 0.6) is 0 Å². The fraction of sp³-hybridized carbons (Fsp3) is 0.444. The topological polar surface area (TPSA) is 40.6 Å². The van der Waals surface area contributed by atoms with E-state index in [1.165, 1.54) is 0 Å². The second kappa shape index (κ2) is 7.18. The summed E-state index contributed by atoms with van der Waals surface area (Å²) in [5.74, 6) is 0.586. The number of amides is 2. The van der Waals surface area contributed by atoms with Crippen LogP contribution in [0.15, 0.2) is 36.4 Å². The number of nitrogens with zero attached hydrogens (tertiary/aromatic N) is 2. The highest BCUT2D eigenvalue weighted by Gasteiger charge is 2.26. The van der Waals surface area contributed by atoms with E-state index in [0.29, 0.717) is 49.1 Å². The van der Waals surface area contributed by atoms with Crippen molar-refractivity contribution in [3.63, 3.8) is 0 Å². The molecule has 2 aliphatic rings. The number of rotatable bonds is 3. The maximum atomic E-state index is 12.5. The fourth-order valence-corrected chi connectivity index (χ4v) is 3.37. The Morgan fingerprint density at radius 3 is 2.52 bits per heavy atom. The van der Waals surface area contributed by atoms with Crippen LogP contribution in [0.25, 0.3) is 0 Å². The van der Waals surface area contributed by atoms with Crippen molar-refractivity contribution in [1.82, 2.24) is 9.80 Å². The Bertz CT molecular complexity index is 621. The van der Waals surface area contributed by atoms with E-state index in [4.69, 9.17) is 11.6 Å². The standard InChI is InChI=1S/C18H21ClN2O2/c19-16-7-3-6-15(13-16)18(23)21-10-8-20(9-11-21)17(22)12-14-4-1-2-5-14/h1,3-4,6-7,13-14H,2,5,8-12H2. The molecule has 1 atom stereocenters. The first-order valence-electron chi connectivity index (χ1n) is 8.13. The minimum absolute atomic E-state index is 0.0154. The second-order valence-electron chi connectivity index (χ2n) is 6.15. The Kier molecular flexibility index (Phi) is 5.01. The molecule has 1 unspecified atom stereocenters. The molecule has 1 heterocycles. The molecule has 5 heteroatoms. The van der Waals surface area contributed by atoms with Gasteiger partial charge in [0.1, 0.15) is 0 Å². The lowest BCUT2D eigenvalue weighted by atomic mass is 10.0. The third kappa shape index (κ3) is 3.94. The molecule has 1 aliphatic carbocycles. The summed E-state index contributed by atoms with van der Waals surface area (Å²) in [5.41, 5.74) is 0.605. The van der Waals surface area contributed by atoms with Crippen molar-refractivity contribution in [2.45, 2.75) is 19.3 Å². The minimum atomic E-state index is -0.0154. The van der Waals surface area contributed by atoms with Crippen LogP contribution in [-0.4, -0.2) is 47.8 Å². The Hall–Kier alpha value is -1.81. The molecule has 122 valence electrons. The molecular formula is C18H21ClN2O2. The van der Waals surface area contributed by atoms with Crippen molar-refractivity contribution < 1.29 is 9.59 Å². The summed E-state index contributed by atoms with van der Waals surface area (Å²) >= 11 is 5.94. The highest BCUT2D eigenvalue weighted by atomic mass is 35.5. The van der Waals surface area contributed by atoms with E-state index >= 15 is 0 Å². The average molecular weight is 333 g/mol. The summed E-state index contributed by atoms with van der Waals surface area (Å²) < 4.78 is 0. The molecule has 0 saturated carbocycles. The zero-order chi connectivity index (χ0) is 16.2. The van der Waals surface area contributed by atoms with Crippen molar-refractivity contribution in [2.75, 3.05) is 26.2 Å². The largest absolute Gasteiger partial charge is 0.339 e. The molecule has 1 saturated heterocycles. The van der Waals surface area contributed by atoms with Crippen molar-refractivity contribution in [1.29, 1.82) is 0 Å². The zero-order valence-electron chi connectivity index (χ0n) is 13.1. The van der Waals surface area contributed by atoms with Crippen LogP contribution in [-0.2, 0) is 4.79 Å². The van der Waals surface area contributed by atoms with Gasteiger partial charge in [-0.2, -0.15) is 0 Å². The maximum absolute atomic E-state index is 12.5. The highest BCUT2D eigenvalue weighted by molar-refractivity contribution is 6.30. The van der Waals surface area contributed by atoms with E-state index in [-0.39, 0.29) is 11.8 Å². The lowest BCUT2D eigenvalue weighted by Crippen LogP contribution is -2.50. The number of carbonyl (C=O) groups excluding carboxylic acids is 2. The summed E-state index contributed by atoms with van der Waals surface area (Å²) in [6.07, 6.45) is 7.06. The summed E-state index contributed by atoms with van der Waals surface area (Å²) in [5, 5.41) is 0.564. The SMILES string of the molecule is O=C(CC1C=CCC1)N1CCN(C(=O)c2cccc(Cl)c2)CC1. The third-order valence-corrected chi connectivity index (χ3v) is 4.78. The Balaban J connectivity index is 1.52. The van der Waals surface area contributed by atoms with E-state index in [1.807, 2.05) is 4.90 Å². The third-order valence-electron chi connectivity index (χ3n) is 4.54. The van der Waals surface area contributed by atoms with Gasteiger partial charge in [0.2, 0.25) is 5.91 Å². The number of benzene rings is 1. The Labute approximate surface area is 141 Å². The van der Waals surface area contributed by atoms with Gasteiger partial charge in [-0.1, -0.05) is 29.8 Å². The van der Waals surface area contributed by atoms with E-state index in [1.54, 1.807) is 29.2 Å². The van der Waals surface area contributed by atoms with Crippen LogP contribution in [0, 0.1) is 5.92 Å². The van der Waals surface area contributed by atoms with Gasteiger partial charge in [0.05, 0.1) is 0 Å². The van der Waals surface area contributed by atoms with Crippen LogP contribution in [0.2, 0.25) is 5.02 Å². The molecule has 0 radical (unpaired) electrons. The predicted octanol–water partition coefficient (Wildman–Crippen LogP) is 2.98. The summed E-state index contributed by atoms with van der Waals surface area (Å²) in [6, 6.07) is 7.00.